The van der Waals surface area contributed by atoms with Gasteiger partial charge in [-0.2, -0.15) is 0 Å². The molecule has 1 aromatic rings. The molecule has 1 aromatic carbocycles. The van der Waals surface area contributed by atoms with Gasteiger partial charge in [-0.15, -0.1) is 0 Å². The lowest BCUT2D eigenvalue weighted by atomic mass is 10.1. The van der Waals surface area contributed by atoms with Gasteiger partial charge in [0, 0.05) is 6.54 Å². The summed E-state index contributed by atoms with van der Waals surface area (Å²) in [6.07, 6.45) is 3.90. The zero-order valence-corrected chi connectivity index (χ0v) is 9.67. The number of rotatable bonds is 3. The van der Waals surface area contributed by atoms with Crippen LogP contribution in [0.25, 0.3) is 0 Å². The van der Waals surface area contributed by atoms with E-state index in [0.29, 0.717) is 5.69 Å². The molecule has 2 atom stereocenters. The molecule has 16 heavy (non-hydrogen) atoms. The van der Waals surface area contributed by atoms with E-state index < -0.39 is 0 Å². The molecule has 0 aliphatic heterocycles. The summed E-state index contributed by atoms with van der Waals surface area (Å²) in [7, 11) is 0. The largest absolute Gasteiger partial charge is 0.397 e. The van der Waals surface area contributed by atoms with E-state index in [2.05, 4.69) is 12.2 Å². The van der Waals surface area contributed by atoms with E-state index in [0.717, 1.165) is 24.1 Å². The molecule has 0 bridgehead atoms. The first-order valence-electron chi connectivity index (χ1n) is 5.94. The highest BCUT2D eigenvalue weighted by Crippen LogP contribution is 2.30. The molecule has 0 saturated heterocycles. The summed E-state index contributed by atoms with van der Waals surface area (Å²) in [5.74, 6) is 1.30. The smallest absolute Gasteiger partial charge is 0.125 e. The Morgan fingerprint density at radius 2 is 2.25 bits per heavy atom. The molecule has 1 aliphatic carbocycles. The molecule has 0 spiro atoms. The Hall–Kier alpha value is -1.25. The topological polar surface area (TPSA) is 38.0 Å². The number of hydrogen-bond donors (Lipinski definition) is 2. The molecule has 2 rings (SSSR count). The maximum absolute atomic E-state index is 12.8. The van der Waals surface area contributed by atoms with Gasteiger partial charge in [-0.25, -0.2) is 4.39 Å². The molecule has 3 N–H and O–H groups in total. The third-order valence-corrected chi connectivity index (χ3v) is 3.40. The third-order valence-electron chi connectivity index (χ3n) is 3.40. The minimum Gasteiger partial charge on any atom is -0.397 e. The minimum absolute atomic E-state index is 0.280. The zero-order valence-electron chi connectivity index (χ0n) is 9.67. The van der Waals surface area contributed by atoms with Gasteiger partial charge in [-0.3, -0.25) is 0 Å². The van der Waals surface area contributed by atoms with E-state index in [-0.39, 0.29) is 5.82 Å². The summed E-state index contributed by atoms with van der Waals surface area (Å²) in [5.41, 5.74) is 7.07. The minimum atomic E-state index is -0.280. The Morgan fingerprint density at radius 3 is 2.88 bits per heavy atom. The van der Waals surface area contributed by atoms with E-state index in [9.17, 15) is 4.39 Å². The van der Waals surface area contributed by atoms with Crippen molar-refractivity contribution in [3.05, 3.63) is 24.0 Å². The Bertz CT molecular complexity index is 365. The van der Waals surface area contributed by atoms with Crippen LogP contribution in [-0.2, 0) is 0 Å². The summed E-state index contributed by atoms with van der Waals surface area (Å²) >= 11 is 0. The standard InChI is InChI=1S/C13H19FN2/c1-9-2-3-10(6-9)8-16-13-5-4-11(14)7-12(13)15/h4-5,7,9-10,16H,2-3,6,8,15H2,1H3. The van der Waals surface area contributed by atoms with Crippen LogP contribution >= 0.6 is 0 Å². The van der Waals surface area contributed by atoms with Crippen LogP contribution in [0.2, 0.25) is 0 Å². The van der Waals surface area contributed by atoms with Gasteiger partial charge in [0.1, 0.15) is 5.82 Å². The van der Waals surface area contributed by atoms with Gasteiger partial charge in [0.15, 0.2) is 0 Å². The first-order chi connectivity index (χ1) is 7.65. The van der Waals surface area contributed by atoms with Gasteiger partial charge in [0.2, 0.25) is 0 Å². The predicted octanol–water partition coefficient (Wildman–Crippen LogP) is 3.26. The maximum Gasteiger partial charge on any atom is 0.125 e. The molecule has 3 heteroatoms. The molecule has 0 radical (unpaired) electrons. The third kappa shape index (κ3) is 2.65. The SMILES string of the molecule is CC1CCC(CNc2ccc(F)cc2N)C1. The molecule has 2 nitrogen and oxygen atoms in total. The summed E-state index contributed by atoms with van der Waals surface area (Å²) in [5, 5.41) is 3.31. The van der Waals surface area contributed by atoms with Crippen LogP contribution in [0.3, 0.4) is 0 Å². The van der Waals surface area contributed by atoms with Gasteiger partial charge >= 0.3 is 0 Å². The molecule has 1 aliphatic rings. The van der Waals surface area contributed by atoms with Crippen molar-refractivity contribution in [1.82, 2.24) is 0 Å². The predicted molar refractivity (Wildman–Crippen MR) is 65.8 cm³/mol. The molecule has 88 valence electrons. The highest BCUT2D eigenvalue weighted by atomic mass is 19.1. The van der Waals surface area contributed by atoms with Crippen LogP contribution in [-0.4, -0.2) is 6.54 Å². The zero-order chi connectivity index (χ0) is 11.5. The van der Waals surface area contributed by atoms with Gasteiger partial charge in [-0.05, 0) is 42.9 Å². The van der Waals surface area contributed by atoms with Crippen LogP contribution in [0.4, 0.5) is 15.8 Å². The number of anilines is 2. The van der Waals surface area contributed by atoms with Crippen molar-refractivity contribution in [2.45, 2.75) is 26.2 Å². The molecule has 0 heterocycles. The van der Waals surface area contributed by atoms with Crippen LogP contribution in [0.1, 0.15) is 26.2 Å². The van der Waals surface area contributed by atoms with Crippen LogP contribution in [0, 0.1) is 17.7 Å². The quantitative estimate of drug-likeness (QED) is 0.770. The number of nitrogen functional groups attached to an aromatic ring is 1. The second-order valence-electron chi connectivity index (χ2n) is 4.90. The van der Waals surface area contributed by atoms with Gasteiger partial charge in [0.05, 0.1) is 11.4 Å². The van der Waals surface area contributed by atoms with E-state index in [1.807, 2.05) is 0 Å². The normalized spacial score (nSPS) is 24.6. The summed E-state index contributed by atoms with van der Waals surface area (Å²) < 4.78 is 12.8. The molecule has 2 unspecified atom stereocenters. The average Bonchev–Trinajstić information content (AvgIpc) is 2.63. The Labute approximate surface area is 96.0 Å². The Morgan fingerprint density at radius 1 is 1.44 bits per heavy atom. The Kier molecular flexibility index (Phi) is 3.32. The number of hydrogen-bond acceptors (Lipinski definition) is 2. The molecule has 1 saturated carbocycles. The highest BCUT2D eigenvalue weighted by molar-refractivity contribution is 5.65. The lowest BCUT2D eigenvalue weighted by Gasteiger charge is -2.13. The molecular weight excluding hydrogens is 203 g/mol. The van der Waals surface area contributed by atoms with E-state index in [1.165, 1.54) is 31.4 Å². The Balaban J connectivity index is 1.89. The molecule has 0 amide bonds. The summed E-state index contributed by atoms with van der Waals surface area (Å²) in [6, 6.07) is 4.51. The number of nitrogens with one attached hydrogen (secondary N) is 1. The number of halogens is 1. The van der Waals surface area contributed by atoms with Crippen molar-refractivity contribution in [2.75, 3.05) is 17.6 Å². The first-order valence-corrected chi connectivity index (χ1v) is 5.94. The molecule has 1 fully saturated rings. The second-order valence-corrected chi connectivity index (χ2v) is 4.90. The van der Waals surface area contributed by atoms with E-state index in [1.54, 1.807) is 6.07 Å². The van der Waals surface area contributed by atoms with Crippen molar-refractivity contribution in [3.63, 3.8) is 0 Å². The van der Waals surface area contributed by atoms with Crippen molar-refractivity contribution in [2.24, 2.45) is 11.8 Å². The lowest BCUT2D eigenvalue weighted by Crippen LogP contribution is -2.12. The van der Waals surface area contributed by atoms with Crippen LogP contribution in [0.15, 0.2) is 18.2 Å². The first kappa shape index (κ1) is 11.2. The fraction of sp³-hybridized carbons (Fsp3) is 0.538. The van der Waals surface area contributed by atoms with Crippen LogP contribution < -0.4 is 11.1 Å². The lowest BCUT2D eigenvalue weighted by molar-refractivity contribution is 0.537. The molecular formula is C13H19FN2. The highest BCUT2D eigenvalue weighted by Gasteiger charge is 2.20. The van der Waals surface area contributed by atoms with Crippen molar-refractivity contribution < 1.29 is 4.39 Å². The van der Waals surface area contributed by atoms with E-state index >= 15 is 0 Å². The van der Waals surface area contributed by atoms with Crippen LogP contribution in [0.5, 0.6) is 0 Å². The van der Waals surface area contributed by atoms with Crippen molar-refractivity contribution in [1.29, 1.82) is 0 Å². The van der Waals surface area contributed by atoms with Crippen molar-refractivity contribution in [3.8, 4) is 0 Å². The van der Waals surface area contributed by atoms with Gasteiger partial charge in [0.25, 0.3) is 0 Å². The maximum atomic E-state index is 12.8. The molecule has 0 aromatic heterocycles. The number of nitrogens with two attached hydrogens (primary N) is 1. The monoisotopic (exact) mass is 222 g/mol. The van der Waals surface area contributed by atoms with E-state index in [4.69, 9.17) is 5.73 Å². The fourth-order valence-electron chi connectivity index (χ4n) is 2.46. The fourth-order valence-corrected chi connectivity index (χ4v) is 2.46. The second kappa shape index (κ2) is 4.73. The van der Waals surface area contributed by atoms with Gasteiger partial charge < -0.3 is 11.1 Å². The van der Waals surface area contributed by atoms with Crippen molar-refractivity contribution >= 4 is 11.4 Å². The average molecular weight is 222 g/mol. The van der Waals surface area contributed by atoms with Gasteiger partial charge in [-0.1, -0.05) is 13.3 Å². The summed E-state index contributed by atoms with van der Waals surface area (Å²) in [4.78, 5) is 0. The number of benzene rings is 1. The summed E-state index contributed by atoms with van der Waals surface area (Å²) in [6.45, 7) is 3.24.